The van der Waals surface area contributed by atoms with E-state index in [1.54, 1.807) is 0 Å². The first-order chi connectivity index (χ1) is 11.7. The highest BCUT2D eigenvalue weighted by molar-refractivity contribution is 5.85. The monoisotopic (exact) mass is 368 g/mol. The van der Waals surface area contributed by atoms with Gasteiger partial charge >= 0.3 is 0 Å². The maximum Gasteiger partial charge on any atom is 0.220 e. The van der Waals surface area contributed by atoms with Crippen LogP contribution in [0.2, 0.25) is 0 Å². The molecule has 0 aliphatic carbocycles. The number of amides is 1. The molecule has 142 valence electrons. The largest absolute Gasteiger partial charge is 0.494 e. The van der Waals surface area contributed by atoms with Crippen molar-refractivity contribution in [1.82, 2.24) is 10.6 Å². The van der Waals surface area contributed by atoms with Gasteiger partial charge in [0.2, 0.25) is 5.91 Å². The van der Waals surface area contributed by atoms with Gasteiger partial charge in [-0.15, -0.1) is 12.4 Å². The number of nitrogens with one attached hydrogen (secondary N) is 2. The minimum absolute atomic E-state index is 0. The number of hydrogen-bond donors (Lipinski definition) is 2. The SMILES string of the molecule is CCCCOc1cccc(CNC(=O)CC(C)C2CCNCC2)c1.Cl. The molecule has 2 N–H and O–H groups in total. The zero-order valence-corrected chi connectivity index (χ0v) is 16.4. The Morgan fingerprint density at radius 2 is 2.12 bits per heavy atom. The lowest BCUT2D eigenvalue weighted by Gasteiger charge is -2.27. The average Bonchev–Trinajstić information content (AvgIpc) is 2.61. The molecule has 1 aliphatic heterocycles. The lowest BCUT2D eigenvalue weighted by atomic mass is 9.84. The van der Waals surface area contributed by atoms with Crippen LogP contribution in [0.25, 0.3) is 0 Å². The van der Waals surface area contributed by atoms with Gasteiger partial charge in [0.25, 0.3) is 0 Å². The second-order valence-corrected chi connectivity index (χ2v) is 6.89. The lowest BCUT2D eigenvalue weighted by Crippen LogP contribution is -2.33. The topological polar surface area (TPSA) is 50.4 Å². The van der Waals surface area contributed by atoms with E-state index in [-0.39, 0.29) is 18.3 Å². The first kappa shape index (κ1) is 21.8. The van der Waals surface area contributed by atoms with Gasteiger partial charge in [-0.05, 0) is 61.9 Å². The van der Waals surface area contributed by atoms with Crippen LogP contribution >= 0.6 is 12.4 Å². The Morgan fingerprint density at radius 1 is 1.36 bits per heavy atom. The molecule has 1 heterocycles. The Morgan fingerprint density at radius 3 is 2.84 bits per heavy atom. The first-order valence-corrected chi connectivity index (χ1v) is 9.38. The Labute approximate surface area is 158 Å². The highest BCUT2D eigenvalue weighted by Crippen LogP contribution is 2.24. The van der Waals surface area contributed by atoms with Crippen molar-refractivity contribution in [2.24, 2.45) is 11.8 Å². The van der Waals surface area contributed by atoms with Crippen molar-refractivity contribution in [3.63, 3.8) is 0 Å². The Hall–Kier alpha value is -1.26. The molecule has 1 aromatic rings. The van der Waals surface area contributed by atoms with Gasteiger partial charge in [-0.1, -0.05) is 32.4 Å². The highest BCUT2D eigenvalue weighted by Gasteiger charge is 2.21. The summed E-state index contributed by atoms with van der Waals surface area (Å²) in [4.78, 5) is 12.2. The number of carbonyl (C=O) groups is 1. The zero-order valence-electron chi connectivity index (χ0n) is 15.6. The standard InChI is InChI=1S/C20H32N2O2.ClH/c1-3-4-12-24-19-7-5-6-17(14-19)15-22-20(23)13-16(2)18-8-10-21-11-9-18;/h5-7,14,16,18,21H,3-4,8-13,15H2,1-2H3,(H,22,23);1H. The molecule has 0 saturated carbocycles. The second kappa shape index (κ2) is 12.2. The molecule has 0 radical (unpaired) electrons. The molecule has 4 nitrogen and oxygen atoms in total. The number of unbranched alkanes of at least 4 members (excludes halogenated alkanes) is 1. The maximum atomic E-state index is 12.2. The molecule has 5 heteroatoms. The smallest absolute Gasteiger partial charge is 0.220 e. The van der Waals surface area contributed by atoms with Gasteiger partial charge < -0.3 is 15.4 Å². The summed E-state index contributed by atoms with van der Waals surface area (Å²) in [5.41, 5.74) is 1.09. The fourth-order valence-electron chi connectivity index (χ4n) is 3.22. The molecule has 0 spiro atoms. The van der Waals surface area contributed by atoms with E-state index in [4.69, 9.17) is 4.74 Å². The molecule has 0 aromatic heterocycles. The number of halogens is 1. The number of carbonyl (C=O) groups excluding carboxylic acids is 1. The Bertz CT molecular complexity index is 504. The van der Waals surface area contributed by atoms with Crippen LogP contribution in [0.5, 0.6) is 5.75 Å². The molecule has 25 heavy (non-hydrogen) atoms. The van der Waals surface area contributed by atoms with Crippen LogP contribution in [-0.2, 0) is 11.3 Å². The minimum Gasteiger partial charge on any atom is -0.494 e. The van der Waals surface area contributed by atoms with Crippen molar-refractivity contribution >= 4 is 18.3 Å². The van der Waals surface area contributed by atoms with Gasteiger partial charge in [0, 0.05) is 13.0 Å². The predicted molar refractivity (Wildman–Crippen MR) is 105 cm³/mol. The van der Waals surface area contributed by atoms with E-state index in [1.165, 1.54) is 12.8 Å². The number of hydrogen-bond acceptors (Lipinski definition) is 3. The summed E-state index contributed by atoms with van der Waals surface area (Å²) in [7, 11) is 0. The molecular formula is C20H33ClN2O2. The predicted octanol–water partition coefficient (Wildman–Crippen LogP) is 3.93. The summed E-state index contributed by atoms with van der Waals surface area (Å²) in [5, 5.41) is 6.43. The number of ether oxygens (including phenoxy) is 1. The summed E-state index contributed by atoms with van der Waals surface area (Å²) in [6.07, 6.45) is 5.19. The van der Waals surface area contributed by atoms with Crippen molar-refractivity contribution < 1.29 is 9.53 Å². The fraction of sp³-hybridized carbons (Fsp3) is 0.650. The van der Waals surface area contributed by atoms with Crippen LogP contribution in [0.3, 0.4) is 0 Å². The van der Waals surface area contributed by atoms with Gasteiger partial charge in [-0.3, -0.25) is 4.79 Å². The van der Waals surface area contributed by atoms with Crippen LogP contribution in [0, 0.1) is 11.8 Å². The fourth-order valence-corrected chi connectivity index (χ4v) is 3.22. The summed E-state index contributed by atoms with van der Waals surface area (Å²) in [6, 6.07) is 8.01. The van der Waals surface area contributed by atoms with Crippen LogP contribution < -0.4 is 15.4 Å². The van der Waals surface area contributed by atoms with Crippen LogP contribution in [0.1, 0.15) is 51.5 Å². The zero-order chi connectivity index (χ0) is 17.2. The number of piperidine rings is 1. The molecule has 2 rings (SSSR count). The molecule has 1 saturated heterocycles. The molecule has 1 unspecified atom stereocenters. The van der Waals surface area contributed by atoms with Crippen molar-refractivity contribution in [3.8, 4) is 5.75 Å². The van der Waals surface area contributed by atoms with Gasteiger partial charge in [0.1, 0.15) is 5.75 Å². The average molecular weight is 369 g/mol. The molecular weight excluding hydrogens is 336 g/mol. The highest BCUT2D eigenvalue weighted by atomic mass is 35.5. The van der Waals surface area contributed by atoms with E-state index in [0.29, 0.717) is 24.8 Å². The first-order valence-electron chi connectivity index (χ1n) is 9.38. The van der Waals surface area contributed by atoms with E-state index in [0.717, 1.165) is 43.9 Å². The molecule has 1 aromatic carbocycles. The van der Waals surface area contributed by atoms with Gasteiger partial charge in [-0.2, -0.15) is 0 Å². The quantitative estimate of drug-likeness (QED) is 0.649. The third kappa shape index (κ3) is 8.10. The van der Waals surface area contributed by atoms with Crippen LogP contribution in [0.4, 0.5) is 0 Å². The number of benzene rings is 1. The Kier molecular flexibility index (Phi) is 10.6. The molecule has 1 amide bonds. The third-order valence-electron chi connectivity index (χ3n) is 4.85. The second-order valence-electron chi connectivity index (χ2n) is 6.89. The summed E-state index contributed by atoms with van der Waals surface area (Å²) in [5.74, 6) is 2.17. The lowest BCUT2D eigenvalue weighted by molar-refractivity contribution is -0.122. The minimum atomic E-state index is 0. The summed E-state index contributed by atoms with van der Waals surface area (Å²) < 4.78 is 5.72. The van der Waals surface area contributed by atoms with E-state index in [2.05, 4.69) is 24.5 Å². The maximum absolute atomic E-state index is 12.2. The Balaban J connectivity index is 0.00000312. The molecule has 1 atom stereocenters. The molecule has 0 bridgehead atoms. The van der Waals surface area contributed by atoms with E-state index >= 15 is 0 Å². The van der Waals surface area contributed by atoms with Gasteiger partial charge in [0.05, 0.1) is 6.61 Å². The van der Waals surface area contributed by atoms with Crippen LogP contribution in [-0.4, -0.2) is 25.6 Å². The van der Waals surface area contributed by atoms with Gasteiger partial charge in [0.15, 0.2) is 0 Å². The third-order valence-corrected chi connectivity index (χ3v) is 4.85. The normalized spacial score (nSPS) is 15.9. The van der Waals surface area contributed by atoms with Crippen molar-refractivity contribution in [2.45, 2.75) is 52.5 Å². The van der Waals surface area contributed by atoms with Crippen LogP contribution in [0.15, 0.2) is 24.3 Å². The van der Waals surface area contributed by atoms with Gasteiger partial charge in [-0.25, -0.2) is 0 Å². The molecule has 1 fully saturated rings. The van der Waals surface area contributed by atoms with E-state index < -0.39 is 0 Å². The molecule has 1 aliphatic rings. The van der Waals surface area contributed by atoms with Crippen molar-refractivity contribution in [1.29, 1.82) is 0 Å². The van der Waals surface area contributed by atoms with Crippen molar-refractivity contribution in [2.75, 3.05) is 19.7 Å². The van der Waals surface area contributed by atoms with E-state index in [1.807, 2.05) is 24.3 Å². The summed E-state index contributed by atoms with van der Waals surface area (Å²) in [6.45, 7) is 7.85. The summed E-state index contributed by atoms with van der Waals surface area (Å²) >= 11 is 0. The number of rotatable bonds is 9. The van der Waals surface area contributed by atoms with E-state index in [9.17, 15) is 4.79 Å². The van der Waals surface area contributed by atoms with Crippen molar-refractivity contribution in [3.05, 3.63) is 29.8 Å².